The summed E-state index contributed by atoms with van der Waals surface area (Å²) in [7, 11) is 4.14. The Kier molecular flexibility index (Phi) is 2.31. The fourth-order valence-corrected chi connectivity index (χ4v) is 2.05. The van der Waals surface area contributed by atoms with Gasteiger partial charge in [-0.3, -0.25) is 4.68 Å². The van der Waals surface area contributed by atoms with E-state index in [0.717, 1.165) is 12.4 Å². The molecule has 0 spiro atoms. The minimum atomic E-state index is 0.575. The van der Waals surface area contributed by atoms with Crippen LogP contribution < -0.4 is 0 Å². The zero-order chi connectivity index (χ0) is 9.26. The normalized spacial score (nSPS) is 24.9. The molecule has 1 aromatic heterocycles. The molecule has 0 amide bonds. The molecule has 2 rings (SSSR count). The molecule has 2 heterocycles. The number of piperidine rings is 1. The number of likely N-dealkylation sites (N-methyl/N-ethyl adjacent to an activating group) is 1. The van der Waals surface area contributed by atoms with E-state index in [1.165, 1.54) is 19.4 Å². The van der Waals surface area contributed by atoms with E-state index in [2.05, 4.69) is 22.0 Å². The van der Waals surface area contributed by atoms with Crippen LogP contribution in [0.15, 0.2) is 6.33 Å². The van der Waals surface area contributed by atoms with Gasteiger partial charge in [-0.2, -0.15) is 5.10 Å². The Balaban J connectivity index is 2.12. The molecule has 1 unspecified atom stereocenters. The van der Waals surface area contributed by atoms with Gasteiger partial charge in [-0.1, -0.05) is 0 Å². The summed E-state index contributed by atoms with van der Waals surface area (Å²) < 4.78 is 1.89. The van der Waals surface area contributed by atoms with Gasteiger partial charge >= 0.3 is 0 Å². The molecule has 72 valence electrons. The lowest BCUT2D eigenvalue weighted by Gasteiger charge is -2.28. The van der Waals surface area contributed by atoms with Crippen LogP contribution in [0.25, 0.3) is 0 Å². The summed E-state index contributed by atoms with van der Waals surface area (Å²) in [6.07, 6.45) is 4.16. The van der Waals surface area contributed by atoms with E-state index in [-0.39, 0.29) is 0 Å². The average Bonchev–Trinajstić information content (AvgIpc) is 2.51. The van der Waals surface area contributed by atoms with Gasteiger partial charge in [0.1, 0.15) is 12.2 Å². The Morgan fingerprint density at radius 3 is 2.92 bits per heavy atom. The number of aromatic nitrogens is 3. The van der Waals surface area contributed by atoms with Gasteiger partial charge in [-0.05, 0) is 26.4 Å². The van der Waals surface area contributed by atoms with Gasteiger partial charge in [-0.15, -0.1) is 0 Å². The van der Waals surface area contributed by atoms with Gasteiger partial charge in [0, 0.05) is 19.5 Å². The second-order valence-electron chi connectivity index (χ2n) is 3.84. The lowest BCUT2D eigenvalue weighted by Crippen LogP contribution is -2.32. The third kappa shape index (κ3) is 1.72. The first kappa shape index (κ1) is 8.69. The van der Waals surface area contributed by atoms with Crippen molar-refractivity contribution in [1.29, 1.82) is 0 Å². The first-order chi connectivity index (χ1) is 6.27. The molecule has 0 bridgehead atoms. The highest BCUT2D eigenvalue weighted by Crippen LogP contribution is 2.23. The highest BCUT2D eigenvalue weighted by atomic mass is 15.3. The van der Waals surface area contributed by atoms with Crippen molar-refractivity contribution >= 4 is 0 Å². The number of hydrogen-bond donors (Lipinski definition) is 0. The maximum absolute atomic E-state index is 4.30. The van der Waals surface area contributed by atoms with Gasteiger partial charge < -0.3 is 4.90 Å². The number of aryl methyl sites for hydroxylation is 1. The van der Waals surface area contributed by atoms with Crippen molar-refractivity contribution in [2.45, 2.75) is 18.8 Å². The van der Waals surface area contributed by atoms with Crippen LogP contribution in [0.3, 0.4) is 0 Å². The van der Waals surface area contributed by atoms with Gasteiger partial charge in [0.25, 0.3) is 0 Å². The first-order valence-electron chi connectivity index (χ1n) is 4.80. The quantitative estimate of drug-likeness (QED) is 0.635. The number of hydrogen-bond acceptors (Lipinski definition) is 3. The standard InChI is InChI=1S/C9H16N4/c1-12-5-3-4-8(6-12)9-10-7-11-13(9)2/h7-8H,3-6H2,1-2H3. The largest absolute Gasteiger partial charge is 0.306 e. The molecule has 1 aliphatic heterocycles. The van der Waals surface area contributed by atoms with Crippen LogP contribution in [0.2, 0.25) is 0 Å². The van der Waals surface area contributed by atoms with E-state index >= 15 is 0 Å². The van der Waals surface area contributed by atoms with Crippen LogP contribution >= 0.6 is 0 Å². The summed E-state index contributed by atoms with van der Waals surface area (Å²) >= 11 is 0. The van der Waals surface area contributed by atoms with E-state index in [1.54, 1.807) is 6.33 Å². The highest BCUT2D eigenvalue weighted by Gasteiger charge is 2.22. The Morgan fingerprint density at radius 2 is 2.31 bits per heavy atom. The maximum atomic E-state index is 4.30. The van der Waals surface area contributed by atoms with Gasteiger partial charge in [0.15, 0.2) is 0 Å². The lowest BCUT2D eigenvalue weighted by molar-refractivity contribution is 0.243. The number of nitrogens with zero attached hydrogens (tertiary/aromatic N) is 4. The van der Waals surface area contributed by atoms with Gasteiger partial charge in [0.05, 0.1) is 0 Å². The highest BCUT2D eigenvalue weighted by molar-refractivity contribution is 4.98. The molecule has 1 saturated heterocycles. The zero-order valence-electron chi connectivity index (χ0n) is 8.27. The third-order valence-electron chi connectivity index (χ3n) is 2.74. The molecule has 0 radical (unpaired) electrons. The SMILES string of the molecule is CN1CCCC(c2ncnn2C)C1. The minimum absolute atomic E-state index is 0.575. The average molecular weight is 180 g/mol. The summed E-state index contributed by atoms with van der Waals surface area (Å²) in [5, 5.41) is 4.10. The first-order valence-corrected chi connectivity index (χ1v) is 4.80. The molecule has 1 atom stereocenters. The van der Waals surface area contributed by atoms with Crippen LogP contribution in [-0.2, 0) is 7.05 Å². The Labute approximate surface area is 78.6 Å². The zero-order valence-corrected chi connectivity index (χ0v) is 8.27. The van der Waals surface area contributed by atoms with Crippen molar-refractivity contribution in [3.8, 4) is 0 Å². The van der Waals surface area contributed by atoms with Crippen LogP contribution in [0.1, 0.15) is 24.6 Å². The predicted octanol–water partition coefficient (Wildman–Crippen LogP) is 0.624. The molecule has 4 nitrogen and oxygen atoms in total. The Bertz CT molecular complexity index is 281. The summed E-state index contributed by atoms with van der Waals surface area (Å²) in [4.78, 5) is 6.66. The van der Waals surface area contributed by atoms with Crippen LogP contribution in [-0.4, -0.2) is 39.8 Å². The summed E-state index contributed by atoms with van der Waals surface area (Å²) in [6.45, 7) is 2.33. The molecule has 0 saturated carbocycles. The lowest BCUT2D eigenvalue weighted by atomic mass is 9.98. The fourth-order valence-electron chi connectivity index (χ4n) is 2.05. The van der Waals surface area contributed by atoms with Gasteiger partial charge in [-0.25, -0.2) is 4.98 Å². The van der Waals surface area contributed by atoms with Crippen molar-refractivity contribution in [2.75, 3.05) is 20.1 Å². The van der Waals surface area contributed by atoms with E-state index < -0.39 is 0 Å². The predicted molar refractivity (Wildman–Crippen MR) is 50.5 cm³/mol. The van der Waals surface area contributed by atoms with Crippen molar-refractivity contribution in [1.82, 2.24) is 19.7 Å². The molecule has 0 N–H and O–H groups in total. The molecular weight excluding hydrogens is 164 g/mol. The smallest absolute Gasteiger partial charge is 0.138 e. The molecule has 1 fully saturated rings. The second kappa shape index (κ2) is 3.46. The van der Waals surface area contributed by atoms with E-state index in [1.807, 2.05) is 11.7 Å². The van der Waals surface area contributed by atoms with Crippen molar-refractivity contribution in [3.63, 3.8) is 0 Å². The fraction of sp³-hybridized carbons (Fsp3) is 0.778. The molecule has 4 heteroatoms. The molecule has 0 aliphatic carbocycles. The third-order valence-corrected chi connectivity index (χ3v) is 2.74. The van der Waals surface area contributed by atoms with Crippen molar-refractivity contribution in [2.24, 2.45) is 7.05 Å². The second-order valence-corrected chi connectivity index (χ2v) is 3.84. The minimum Gasteiger partial charge on any atom is -0.306 e. The summed E-state index contributed by atoms with van der Waals surface area (Å²) in [5.74, 6) is 1.71. The Morgan fingerprint density at radius 1 is 1.46 bits per heavy atom. The van der Waals surface area contributed by atoms with Crippen LogP contribution in [0, 0.1) is 0 Å². The van der Waals surface area contributed by atoms with Gasteiger partial charge in [0.2, 0.25) is 0 Å². The topological polar surface area (TPSA) is 34.0 Å². The summed E-state index contributed by atoms with van der Waals surface area (Å²) in [6, 6.07) is 0. The van der Waals surface area contributed by atoms with Crippen LogP contribution in [0.5, 0.6) is 0 Å². The summed E-state index contributed by atoms with van der Waals surface area (Å²) in [5.41, 5.74) is 0. The molecular formula is C9H16N4. The number of rotatable bonds is 1. The Hall–Kier alpha value is -0.900. The van der Waals surface area contributed by atoms with E-state index in [9.17, 15) is 0 Å². The molecule has 1 aliphatic rings. The van der Waals surface area contributed by atoms with E-state index in [0.29, 0.717) is 5.92 Å². The number of likely N-dealkylation sites (tertiary alicyclic amines) is 1. The molecule has 1 aromatic rings. The van der Waals surface area contributed by atoms with Crippen LogP contribution in [0.4, 0.5) is 0 Å². The van der Waals surface area contributed by atoms with E-state index in [4.69, 9.17) is 0 Å². The van der Waals surface area contributed by atoms with Crippen molar-refractivity contribution < 1.29 is 0 Å². The monoisotopic (exact) mass is 180 g/mol. The molecule has 0 aromatic carbocycles. The maximum Gasteiger partial charge on any atom is 0.138 e. The van der Waals surface area contributed by atoms with Crippen molar-refractivity contribution in [3.05, 3.63) is 12.2 Å². The molecule has 13 heavy (non-hydrogen) atoms.